The third kappa shape index (κ3) is 4.36. The number of benzene rings is 1. The van der Waals surface area contributed by atoms with Crippen molar-refractivity contribution in [1.29, 1.82) is 0 Å². The second kappa shape index (κ2) is 7.81. The lowest BCUT2D eigenvalue weighted by Crippen LogP contribution is -2.55. The number of nitrogens with one attached hydrogen (secondary N) is 1. The molecule has 1 N–H and O–H groups in total. The summed E-state index contributed by atoms with van der Waals surface area (Å²) in [7, 11) is 0. The Labute approximate surface area is 144 Å². The number of nitrogens with zero attached hydrogens (tertiary/aromatic N) is 2. The van der Waals surface area contributed by atoms with Gasteiger partial charge in [0.2, 0.25) is 5.91 Å². The molecular formula is C19H27N3O2. The van der Waals surface area contributed by atoms with Gasteiger partial charge < -0.3 is 19.9 Å². The van der Waals surface area contributed by atoms with Gasteiger partial charge in [-0.3, -0.25) is 4.79 Å². The number of amides is 1. The summed E-state index contributed by atoms with van der Waals surface area (Å²) in [4.78, 5) is 16.6. The quantitative estimate of drug-likeness (QED) is 0.858. The molecule has 0 radical (unpaired) electrons. The fourth-order valence-corrected chi connectivity index (χ4v) is 3.40. The van der Waals surface area contributed by atoms with Crippen molar-refractivity contribution in [2.45, 2.75) is 25.9 Å². The summed E-state index contributed by atoms with van der Waals surface area (Å²) in [6.45, 7) is 9.22. The highest BCUT2D eigenvalue weighted by molar-refractivity contribution is 5.92. The average Bonchev–Trinajstić information content (AvgIpc) is 2.60. The Kier molecular flexibility index (Phi) is 5.53. The SMILES string of the molecule is CC1CN(C(=O)C=Cc2ccc(N3CCOCC3)cc2)CC(C)N1. The number of hydrogen-bond donors (Lipinski definition) is 1. The predicted octanol–water partition coefficient (Wildman–Crippen LogP) is 1.75. The van der Waals surface area contributed by atoms with Crippen LogP contribution in [0.5, 0.6) is 0 Å². The molecule has 0 saturated carbocycles. The van der Waals surface area contributed by atoms with Crippen molar-refractivity contribution in [3.63, 3.8) is 0 Å². The summed E-state index contributed by atoms with van der Waals surface area (Å²) >= 11 is 0. The molecule has 0 spiro atoms. The topological polar surface area (TPSA) is 44.8 Å². The van der Waals surface area contributed by atoms with Crippen LogP contribution in [0, 0.1) is 0 Å². The number of anilines is 1. The molecule has 0 aliphatic carbocycles. The smallest absolute Gasteiger partial charge is 0.246 e. The summed E-state index contributed by atoms with van der Waals surface area (Å²) in [5, 5.41) is 3.44. The molecule has 2 heterocycles. The summed E-state index contributed by atoms with van der Waals surface area (Å²) in [6.07, 6.45) is 3.59. The maximum atomic E-state index is 12.4. The van der Waals surface area contributed by atoms with E-state index in [1.165, 1.54) is 5.69 Å². The Morgan fingerprint density at radius 2 is 1.75 bits per heavy atom. The largest absolute Gasteiger partial charge is 0.378 e. The number of ether oxygens (including phenoxy) is 1. The molecule has 2 aliphatic rings. The van der Waals surface area contributed by atoms with Crippen LogP contribution in [0.3, 0.4) is 0 Å². The van der Waals surface area contributed by atoms with E-state index in [0.717, 1.165) is 45.0 Å². The first-order valence-corrected chi connectivity index (χ1v) is 8.77. The van der Waals surface area contributed by atoms with Crippen molar-refractivity contribution in [3.05, 3.63) is 35.9 Å². The van der Waals surface area contributed by atoms with E-state index < -0.39 is 0 Å². The van der Waals surface area contributed by atoms with Gasteiger partial charge in [-0.15, -0.1) is 0 Å². The van der Waals surface area contributed by atoms with E-state index in [0.29, 0.717) is 12.1 Å². The van der Waals surface area contributed by atoms with Gasteiger partial charge in [-0.05, 0) is 37.6 Å². The van der Waals surface area contributed by atoms with Crippen LogP contribution in [-0.4, -0.2) is 62.3 Å². The second-order valence-electron chi connectivity index (χ2n) is 6.74. The lowest BCUT2D eigenvalue weighted by atomic mass is 10.1. The maximum Gasteiger partial charge on any atom is 0.246 e. The van der Waals surface area contributed by atoms with Gasteiger partial charge in [-0.2, -0.15) is 0 Å². The zero-order valence-electron chi connectivity index (χ0n) is 14.6. The Balaban J connectivity index is 1.58. The van der Waals surface area contributed by atoms with Gasteiger partial charge in [0.15, 0.2) is 0 Å². The van der Waals surface area contributed by atoms with Gasteiger partial charge in [0.1, 0.15) is 0 Å². The van der Waals surface area contributed by atoms with Crippen LogP contribution >= 0.6 is 0 Å². The van der Waals surface area contributed by atoms with Gasteiger partial charge in [0.05, 0.1) is 13.2 Å². The highest BCUT2D eigenvalue weighted by atomic mass is 16.5. The summed E-state index contributed by atoms with van der Waals surface area (Å²) < 4.78 is 5.38. The first kappa shape index (κ1) is 17.0. The minimum atomic E-state index is 0.0902. The van der Waals surface area contributed by atoms with Gasteiger partial charge in [0.25, 0.3) is 0 Å². The first-order valence-electron chi connectivity index (χ1n) is 8.77. The Morgan fingerprint density at radius 3 is 2.38 bits per heavy atom. The molecule has 130 valence electrons. The summed E-state index contributed by atoms with van der Waals surface area (Å²) in [5.74, 6) is 0.0902. The third-order valence-corrected chi connectivity index (χ3v) is 4.56. The molecule has 3 rings (SSSR count). The average molecular weight is 329 g/mol. The zero-order chi connectivity index (χ0) is 16.9. The monoisotopic (exact) mass is 329 g/mol. The number of hydrogen-bond acceptors (Lipinski definition) is 4. The molecule has 2 aliphatic heterocycles. The van der Waals surface area contributed by atoms with Gasteiger partial charge >= 0.3 is 0 Å². The Bertz CT molecular complexity index is 569. The van der Waals surface area contributed by atoms with Gasteiger partial charge in [-0.25, -0.2) is 0 Å². The number of carbonyl (C=O) groups is 1. The summed E-state index contributed by atoms with van der Waals surface area (Å²) in [5.41, 5.74) is 2.27. The highest BCUT2D eigenvalue weighted by Gasteiger charge is 2.23. The van der Waals surface area contributed by atoms with Crippen LogP contribution in [0.25, 0.3) is 6.08 Å². The molecular weight excluding hydrogens is 302 g/mol. The summed E-state index contributed by atoms with van der Waals surface area (Å²) in [6, 6.07) is 9.06. The van der Waals surface area contributed by atoms with E-state index in [2.05, 4.69) is 48.3 Å². The number of carbonyl (C=O) groups excluding carboxylic acids is 1. The van der Waals surface area contributed by atoms with E-state index in [1.807, 2.05) is 11.0 Å². The maximum absolute atomic E-state index is 12.4. The van der Waals surface area contributed by atoms with E-state index >= 15 is 0 Å². The van der Waals surface area contributed by atoms with Crippen LogP contribution in [-0.2, 0) is 9.53 Å². The van der Waals surface area contributed by atoms with E-state index in [9.17, 15) is 4.79 Å². The van der Waals surface area contributed by atoms with E-state index in [-0.39, 0.29) is 5.91 Å². The van der Waals surface area contributed by atoms with Crippen molar-refractivity contribution >= 4 is 17.7 Å². The van der Waals surface area contributed by atoms with Crippen molar-refractivity contribution in [3.8, 4) is 0 Å². The lowest BCUT2D eigenvalue weighted by Gasteiger charge is -2.35. The minimum Gasteiger partial charge on any atom is -0.378 e. The zero-order valence-corrected chi connectivity index (χ0v) is 14.6. The number of morpholine rings is 1. The molecule has 2 atom stereocenters. The lowest BCUT2D eigenvalue weighted by molar-refractivity contribution is -0.127. The molecule has 2 unspecified atom stereocenters. The first-order chi connectivity index (χ1) is 11.6. The standard InChI is InChI=1S/C19H27N3O2/c1-15-13-22(14-16(2)20-15)19(23)8-5-17-3-6-18(7-4-17)21-9-11-24-12-10-21/h3-8,15-16,20H,9-14H2,1-2H3. The fourth-order valence-electron chi connectivity index (χ4n) is 3.40. The van der Waals surface area contributed by atoms with E-state index in [4.69, 9.17) is 4.74 Å². The number of piperazine rings is 1. The highest BCUT2D eigenvalue weighted by Crippen LogP contribution is 2.17. The van der Waals surface area contributed by atoms with E-state index in [1.54, 1.807) is 6.08 Å². The molecule has 5 nitrogen and oxygen atoms in total. The van der Waals surface area contributed by atoms with Crippen molar-refractivity contribution < 1.29 is 9.53 Å². The molecule has 5 heteroatoms. The number of rotatable bonds is 3. The van der Waals surface area contributed by atoms with Crippen LogP contribution in [0.2, 0.25) is 0 Å². The molecule has 1 amide bonds. The molecule has 0 aromatic heterocycles. The molecule has 1 aromatic rings. The molecule has 24 heavy (non-hydrogen) atoms. The normalized spacial score (nSPS) is 25.2. The minimum absolute atomic E-state index is 0.0902. The molecule has 2 saturated heterocycles. The van der Waals surface area contributed by atoms with Crippen LogP contribution in [0.4, 0.5) is 5.69 Å². The third-order valence-electron chi connectivity index (χ3n) is 4.56. The molecule has 0 bridgehead atoms. The van der Waals surface area contributed by atoms with Crippen molar-refractivity contribution in [2.24, 2.45) is 0 Å². The Morgan fingerprint density at radius 1 is 1.12 bits per heavy atom. The predicted molar refractivity (Wildman–Crippen MR) is 97.1 cm³/mol. The van der Waals surface area contributed by atoms with Crippen molar-refractivity contribution in [1.82, 2.24) is 10.2 Å². The molecule has 1 aromatic carbocycles. The molecule has 2 fully saturated rings. The van der Waals surface area contributed by atoms with Crippen molar-refractivity contribution in [2.75, 3.05) is 44.3 Å². The van der Waals surface area contributed by atoms with Crippen LogP contribution in [0.1, 0.15) is 19.4 Å². The Hall–Kier alpha value is -1.85. The van der Waals surface area contributed by atoms with Crippen LogP contribution < -0.4 is 10.2 Å². The van der Waals surface area contributed by atoms with Gasteiger partial charge in [-0.1, -0.05) is 12.1 Å². The second-order valence-corrected chi connectivity index (χ2v) is 6.74. The van der Waals surface area contributed by atoms with Gasteiger partial charge in [0, 0.05) is 50.0 Å². The van der Waals surface area contributed by atoms with Crippen LogP contribution in [0.15, 0.2) is 30.3 Å². The fraction of sp³-hybridized carbons (Fsp3) is 0.526.